The highest BCUT2D eigenvalue weighted by molar-refractivity contribution is 4.90. The summed E-state index contributed by atoms with van der Waals surface area (Å²) in [5.41, 5.74) is 0. The molecule has 0 aromatic heterocycles. The van der Waals surface area contributed by atoms with Crippen LogP contribution in [0.25, 0.3) is 0 Å². The van der Waals surface area contributed by atoms with E-state index < -0.39 is 6.10 Å². The first-order valence-electron chi connectivity index (χ1n) is 3.81. The summed E-state index contributed by atoms with van der Waals surface area (Å²) in [4.78, 5) is 0. The Labute approximate surface area is 66.2 Å². The van der Waals surface area contributed by atoms with E-state index in [1.165, 1.54) is 0 Å². The second kappa shape index (κ2) is 3.67. The molecule has 0 spiro atoms. The van der Waals surface area contributed by atoms with Crippen LogP contribution in [0.5, 0.6) is 0 Å². The topological polar surface area (TPSA) is 73.3 Å². The Balaban J connectivity index is 2.50. The molecule has 3 N–H and O–H groups in total. The largest absolute Gasteiger partial charge is 0.392 e. The highest BCUT2D eigenvalue weighted by atomic mass is 16.3. The summed E-state index contributed by atoms with van der Waals surface area (Å²) >= 11 is 0. The van der Waals surface area contributed by atoms with Crippen LogP contribution in [0, 0.1) is 17.2 Å². The lowest BCUT2D eigenvalue weighted by atomic mass is 10.00. The normalized spacial score (nSPS) is 34.3. The number of nitriles is 1. The zero-order valence-electron chi connectivity index (χ0n) is 6.40. The van der Waals surface area contributed by atoms with Crippen LogP contribution in [0.15, 0.2) is 0 Å². The van der Waals surface area contributed by atoms with Gasteiger partial charge in [0.05, 0.1) is 18.1 Å². The van der Waals surface area contributed by atoms with Crippen molar-refractivity contribution >= 4 is 0 Å². The number of nitrogens with zero attached hydrogens (tertiary/aromatic N) is 2. The van der Waals surface area contributed by atoms with Crippen molar-refractivity contribution in [2.24, 2.45) is 11.8 Å². The maximum absolute atomic E-state index is 9.36. The Morgan fingerprint density at radius 2 is 2.09 bits per heavy atom. The second-order valence-electron chi connectivity index (χ2n) is 2.92. The number of aliphatic hydroxyl groups is 1. The Bertz CT molecular complexity index is 166. The third kappa shape index (κ3) is 2.15. The lowest BCUT2D eigenvalue weighted by Crippen LogP contribution is -2.31. The summed E-state index contributed by atoms with van der Waals surface area (Å²) in [6.07, 6.45) is 0.789. The van der Waals surface area contributed by atoms with Crippen LogP contribution in [0.2, 0.25) is 0 Å². The van der Waals surface area contributed by atoms with E-state index in [1.54, 1.807) is 5.01 Å². The number of hydrazine groups is 1. The van der Waals surface area contributed by atoms with E-state index in [9.17, 15) is 5.11 Å². The minimum atomic E-state index is -0.492. The van der Waals surface area contributed by atoms with Gasteiger partial charge in [-0.25, -0.2) is 5.01 Å². The molecule has 4 heteroatoms. The number of hydrogen-bond acceptors (Lipinski definition) is 4. The molecule has 1 aliphatic heterocycles. The molecule has 62 valence electrons. The SMILES string of the molecule is N#CC1CCN(N)CC[C@@H]1O. The molecular formula is C7H13N3O. The van der Waals surface area contributed by atoms with Crippen LogP contribution in [0.1, 0.15) is 12.8 Å². The lowest BCUT2D eigenvalue weighted by Gasteiger charge is -2.10. The zero-order chi connectivity index (χ0) is 8.27. The fourth-order valence-electron chi connectivity index (χ4n) is 1.26. The minimum Gasteiger partial charge on any atom is -0.392 e. The van der Waals surface area contributed by atoms with Crippen LogP contribution in [0.3, 0.4) is 0 Å². The molecule has 2 atom stereocenters. The van der Waals surface area contributed by atoms with E-state index in [2.05, 4.69) is 6.07 Å². The van der Waals surface area contributed by atoms with Crippen LogP contribution < -0.4 is 5.84 Å². The maximum Gasteiger partial charge on any atom is 0.0735 e. The molecule has 1 aliphatic rings. The molecule has 1 fully saturated rings. The molecule has 0 aromatic carbocycles. The first-order chi connectivity index (χ1) is 5.24. The molecule has 1 saturated heterocycles. The van der Waals surface area contributed by atoms with Crippen LogP contribution in [-0.4, -0.2) is 29.3 Å². The van der Waals surface area contributed by atoms with Crippen LogP contribution in [-0.2, 0) is 0 Å². The monoisotopic (exact) mass is 155 g/mol. The summed E-state index contributed by atoms with van der Waals surface area (Å²) in [6, 6.07) is 2.08. The smallest absolute Gasteiger partial charge is 0.0735 e. The quantitative estimate of drug-likeness (QED) is 0.461. The molecule has 1 rings (SSSR count). The lowest BCUT2D eigenvalue weighted by molar-refractivity contribution is 0.127. The van der Waals surface area contributed by atoms with Gasteiger partial charge in [-0.2, -0.15) is 5.26 Å². The van der Waals surface area contributed by atoms with Gasteiger partial charge in [0.25, 0.3) is 0 Å². The number of hydrogen-bond donors (Lipinski definition) is 2. The summed E-state index contributed by atoms with van der Waals surface area (Å²) < 4.78 is 0. The average molecular weight is 155 g/mol. The molecule has 0 bridgehead atoms. The summed E-state index contributed by atoms with van der Waals surface area (Å²) in [5, 5.41) is 19.6. The van der Waals surface area contributed by atoms with Crippen molar-refractivity contribution in [3.8, 4) is 6.07 Å². The third-order valence-electron chi connectivity index (χ3n) is 2.07. The highest BCUT2D eigenvalue weighted by Gasteiger charge is 2.22. The Morgan fingerprint density at radius 3 is 2.73 bits per heavy atom. The number of aliphatic hydroxyl groups excluding tert-OH is 1. The molecule has 1 heterocycles. The fourth-order valence-corrected chi connectivity index (χ4v) is 1.26. The summed E-state index contributed by atoms with van der Waals surface area (Å²) in [5.74, 6) is 5.29. The van der Waals surface area contributed by atoms with E-state index in [0.717, 1.165) is 0 Å². The number of nitrogens with two attached hydrogens (primary N) is 1. The molecule has 0 aromatic rings. The van der Waals surface area contributed by atoms with Crippen LogP contribution in [0.4, 0.5) is 0 Å². The van der Waals surface area contributed by atoms with Crippen molar-refractivity contribution in [3.05, 3.63) is 0 Å². The predicted molar refractivity (Wildman–Crippen MR) is 40.1 cm³/mol. The van der Waals surface area contributed by atoms with Gasteiger partial charge in [0, 0.05) is 13.1 Å². The van der Waals surface area contributed by atoms with Crippen molar-refractivity contribution in [1.29, 1.82) is 5.26 Å². The van der Waals surface area contributed by atoms with E-state index >= 15 is 0 Å². The van der Waals surface area contributed by atoms with Crippen molar-refractivity contribution in [1.82, 2.24) is 5.01 Å². The van der Waals surface area contributed by atoms with Gasteiger partial charge in [-0.05, 0) is 12.8 Å². The fraction of sp³-hybridized carbons (Fsp3) is 0.857. The predicted octanol–water partition coefficient (Wildman–Crippen LogP) is -0.543. The summed E-state index contributed by atoms with van der Waals surface area (Å²) in [6.45, 7) is 1.38. The highest BCUT2D eigenvalue weighted by Crippen LogP contribution is 2.15. The molecule has 0 amide bonds. The van der Waals surface area contributed by atoms with Crippen molar-refractivity contribution in [2.45, 2.75) is 18.9 Å². The molecule has 4 nitrogen and oxygen atoms in total. The molecule has 0 aliphatic carbocycles. The standard InChI is InChI=1S/C7H13N3O/c8-5-6-1-3-10(9)4-2-7(6)11/h6-7,11H,1-4,9H2/t6?,7-/m0/s1. The van der Waals surface area contributed by atoms with Gasteiger partial charge in [-0.15, -0.1) is 0 Å². The van der Waals surface area contributed by atoms with Crippen LogP contribution >= 0.6 is 0 Å². The van der Waals surface area contributed by atoms with Gasteiger partial charge < -0.3 is 5.11 Å². The minimum absolute atomic E-state index is 0.233. The third-order valence-corrected chi connectivity index (χ3v) is 2.07. The first kappa shape index (κ1) is 8.47. The van der Waals surface area contributed by atoms with Gasteiger partial charge in [-0.1, -0.05) is 0 Å². The van der Waals surface area contributed by atoms with E-state index in [0.29, 0.717) is 25.9 Å². The maximum atomic E-state index is 9.36. The average Bonchev–Trinajstić information content (AvgIpc) is 2.15. The first-order valence-corrected chi connectivity index (χ1v) is 3.81. The van der Waals surface area contributed by atoms with E-state index in [1.807, 2.05) is 0 Å². The Morgan fingerprint density at radius 1 is 1.45 bits per heavy atom. The van der Waals surface area contributed by atoms with E-state index in [4.69, 9.17) is 11.1 Å². The molecule has 0 radical (unpaired) electrons. The van der Waals surface area contributed by atoms with E-state index in [-0.39, 0.29) is 5.92 Å². The number of rotatable bonds is 0. The van der Waals surface area contributed by atoms with Crippen molar-refractivity contribution in [3.63, 3.8) is 0 Å². The van der Waals surface area contributed by atoms with Gasteiger partial charge in [0.15, 0.2) is 0 Å². The van der Waals surface area contributed by atoms with Crippen molar-refractivity contribution < 1.29 is 5.11 Å². The molecule has 11 heavy (non-hydrogen) atoms. The second-order valence-corrected chi connectivity index (χ2v) is 2.92. The van der Waals surface area contributed by atoms with Gasteiger partial charge in [-0.3, -0.25) is 5.84 Å². The molecular weight excluding hydrogens is 142 g/mol. The molecule has 0 saturated carbocycles. The Kier molecular flexibility index (Phi) is 2.83. The van der Waals surface area contributed by atoms with Crippen molar-refractivity contribution in [2.75, 3.05) is 13.1 Å². The van der Waals surface area contributed by atoms with Gasteiger partial charge in [0.1, 0.15) is 0 Å². The molecule has 1 unspecified atom stereocenters. The summed E-state index contributed by atoms with van der Waals surface area (Å²) in [7, 11) is 0. The Hall–Kier alpha value is -0.630. The zero-order valence-corrected chi connectivity index (χ0v) is 6.40. The van der Waals surface area contributed by atoms with Gasteiger partial charge in [0.2, 0.25) is 0 Å². The van der Waals surface area contributed by atoms with Gasteiger partial charge >= 0.3 is 0 Å².